The molecule has 1 atom stereocenters. The summed E-state index contributed by atoms with van der Waals surface area (Å²) >= 11 is 3.70. The Kier molecular flexibility index (Phi) is 3.18. The molecule has 2 aromatic rings. The minimum absolute atomic E-state index is 0.405. The third-order valence-corrected chi connectivity index (χ3v) is 4.14. The summed E-state index contributed by atoms with van der Waals surface area (Å²) in [4.78, 5) is 4.15. The lowest BCUT2D eigenvalue weighted by atomic mass is 10.1. The smallest absolute Gasteiger partial charge is 0.108 e. The van der Waals surface area contributed by atoms with E-state index in [-0.39, 0.29) is 0 Å². The maximum Gasteiger partial charge on any atom is 0.108 e. The number of nitrogens with one attached hydrogen (secondary N) is 1. The predicted octanol–water partition coefficient (Wildman–Crippen LogP) is 2.67. The standard InChI is InChI=1S/C13H15BrN4/c1-18-13(10-5-3-7-16-10)11(14)12(17-18)9-4-2-6-15-8-9/h2,4,6,8,10,16H,3,5,7H2,1H3. The summed E-state index contributed by atoms with van der Waals surface area (Å²) in [5, 5.41) is 8.13. The Bertz CT molecular complexity index is 544. The van der Waals surface area contributed by atoms with E-state index in [1.807, 2.05) is 30.1 Å². The Morgan fingerprint density at radius 1 is 1.50 bits per heavy atom. The van der Waals surface area contributed by atoms with Gasteiger partial charge in [0.25, 0.3) is 0 Å². The van der Waals surface area contributed by atoms with Crippen molar-refractivity contribution in [3.05, 3.63) is 34.7 Å². The summed E-state index contributed by atoms with van der Waals surface area (Å²) in [6.45, 7) is 1.09. The topological polar surface area (TPSA) is 42.7 Å². The zero-order valence-corrected chi connectivity index (χ0v) is 11.8. The van der Waals surface area contributed by atoms with E-state index in [0.29, 0.717) is 6.04 Å². The van der Waals surface area contributed by atoms with Crippen LogP contribution in [-0.4, -0.2) is 21.3 Å². The van der Waals surface area contributed by atoms with Crippen molar-refractivity contribution in [3.8, 4) is 11.3 Å². The second kappa shape index (κ2) is 4.82. The Morgan fingerprint density at radius 2 is 2.39 bits per heavy atom. The molecule has 1 N–H and O–H groups in total. The Balaban J connectivity index is 2.05. The van der Waals surface area contributed by atoms with Gasteiger partial charge in [-0.3, -0.25) is 9.67 Å². The van der Waals surface area contributed by atoms with E-state index in [4.69, 9.17) is 0 Å². The summed E-state index contributed by atoms with van der Waals surface area (Å²) in [6.07, 6.45) is 6.02. The molecule has 1 fully saturated rings. The van der Waals surface area contributed by atoms with Gasteiger partial charge in [-0.25, -0.2) is 0 Å². The van der Waals surface area contributed by atoms with E-state index >= 15 is 0 Å². The van der Waals surface area contributed by atoms with Gasteiger partial charge in [0, 0.05) is 25.0 Å². The largest absolute Gasteiger partial charge is 0.309 e. The van der Waals surface area contributed by atoms with Gasteiger partial charge in [0.15, 0.2) is 0 Å². The van der Waals surface area contributed by atoms with E-state index in [2.05, 4.69) is 31.3 Å². The minimum Gasteiger partial charge on any atom is -0.309 e. The molecule has 0 radical (unpaired) electrons. The molecule has 1 aliphatic heterocycles. The number of aromatic nitrogens is 3. The highest BCUT2D eigenvalue weighted by Crippen LogP contribution is 2.35. The molecule has 0 amide bonds. The molecular formula is C13H15BrN4. The van der Waals surface area contributed by atoms with Gasteiger partial charge < -0.3 is 5.32 Å². The van der Waals surface area contributed by atoms with Crippen molar-refractivity contribution in [3.63, 3.8) is 0 Å². The molecule has 2 aromatic heterocycles. The second-order valence-electron chi connectivity index (χ2n) is 4.56. The molecule has 1 saturated heterocycles. The number of hydrogen-bond acceptors (Lipinski definition) is 3. The van der Waals surface area contributed by atoms with Crippen LogP contribution in [0.3, 0.4) is 0 Å². The maximum atomic E-state index is 4.61. The minimum atomic E-state index is 0.405. The van der Waals surface area contributed by atoms with Crippen molar-refractivity contribution in [2.75, 3.05) is 6.54 Å². The first-order chi connectivity index (χ1) is 8.77. The monoisotopic (exact) mass is 306 g/mol. The lowest BCUT2D eigenvalue weighted by Crippen LogP contribution is -2.16. The fourth-order valence-electron chi connectivity index (χ4n) is 2.49. The van der Waals surface area contributed by atoms with Crippen LogP contribution in [-0.2, 0) is 7.05 Å². The van der Waals surface area contributed by atoms with Crippen LogP contribution in [0.25, 0.3) is 11.3 Å². The van der Waals surface area contributed by atoms with Crippen LogP contribution < -0.4 is 5.32 Å². The lowest BCUT2D eigenvalue weighted by molar-refractivity contribution is 0.572. The quantitative estimate of drug-likeness (QED) is 0.927. The van der Waals surface area contributed by atoms with E-state index in [0.717, 1.165) is 22.3 Å². The average Bonchev–Trinajstić information content (AvgIpc) is 2.99. The van der Waals surface area contributed by atoms with Crippen LogP contribution in [0.5, 0.6) is 0 Å². The first-order valence-corrected chi connectivity index (χ1v) is 6.93. The average molecular weight is 307 g/mol. The zero-order valence-electron chi connectivity index (χ0n) is 10.2. The first kappa shape index (κ1) is 11.9. The molecule has 1 unspecified atom stereocenters. The number of nitrogens with zero attached hydrogens (tertiary/aromatic N) is 3. The number of aryl methyl sites for hydroxylation is 1. The van der Waals surface area contributed by atoms with Gasteiger partial charge in [-0.1, -0.05) is 0 Å². The predicted molar refractivity (Wildman–Crippen MR) is 74.1 cm³/mol. The number of hydrogen-bond donors (Lipinski definition) is 1. The third kappa shape index (κ3) is 1.97. The molecule has 3 heterocycles. The van der Waals surface area contributed by atoms with E-state index in [1.165, 1.54) is 18.5 Å². The van der Waals surface area contributed by atoms with Crippen LogP contribution >= 0.6 is 15.9 Å². The molecule has 94 valence electrons. The molecule has 0 spiro atoms. The van der Waals surface area contributed by atoms with E-state index in [9.17, 15) is 0 Å². The highest BCUT2D eigenvalue weighted by atomic mass is 79.9. The maximum absolute atomic E-state index is 4.61. The fraction of sp³-hybridized carbons (Fsp3) is 0.385. The molecule has 3 rings (SSSR count). The summed E-state index contributed by atoms with van der Waals surface area (Å²) in [5.41, 5.74) is 3.24. The molecular weight excluding hydrogens is 292 g/mol. The van der Waals surface area contributed by atoms with Crippen LogP contribution in [0.2, 0.25) is 0 Å². The number of rotatable bonds is 2. The summed E-state index contributed by atoms with van der Waals surface area (Å²) < 4.78 is 3.05. The number of pyridine rings is 1. The molecule has 1 aliphatic rings. The molecule has 18 heavy (non-hydrogen) atoms. The van der Waals surface area contributed by atoms with Crippen LogP contribution in [0.1, 0.15) is 24.6 Å². The highest BCUT2D eigenvalue weighted by Gasteiger charge is 2.25. The van der Waals surface area contributed by atoms with Crippen molar-refractivity contribution >= 4 is 15.9 Å². The summed E-state index contributed by atoms with van der Waals surface area (Å²) in [5.74, 6) is 0. The van der Waals surface area contributed by atoms with Crippen molar-refractivity contribution in [2.45, 2.75) is 18.9 Å². The van der Waals surface area contributed by atoms with Crippen LogP contribution in [0.4, 0.5) is 0 Å². The molecule has 0 bridgehead atoms. The van der Waals surface area contributed by atoms with Crippen LogP contribution in [0, 0.1) is 0 Å². The molecule has 0 aliphatic carbocycles. The Labute approximate surface area is 115 Å². The van der Waals surface area contributed by atoms with Crippen molar-refractivity contribution in [1.82, 2.24) is 20.1 Å². The Morgan fingerprint density at radius 3 is 3.06 bits per heavy atom. The normalized spacial score (nSPS) is 19.3. The SMILES string of the molecule is Cn1nc(-c2cccnc2)c(Br)c1C1CCCN1. The molecule has 4 nitrogen and oxygen atoms in total. The lowest BCUT2D eigenvalue weighted by Gasteiger charge is -2.11. The fourth-order valence-corrected chi connectivity index (χ4v) is 3.34. The van der Waals surface area contributed by atoms with Gasteiger partial charge in [-0.15, -0.1) is 0 Å². The van der Waals surface area contributed by atoms with Crippen molar-refractivity contribution in [1.29, 1.82) is 0 Å². The Hall–Kier alpha value is -1.20. The van der Waals surface area contributed by atoms with Gasteiger partial charge in [-0.2, -0.15) is 5.10 Å². The van der Waals surface area contributed by atoms with Crippen molar-refractivity contribution in [2.24, 2.45) is 7.05 Å². The molecule has 0 aromatic carbocycles. The summed E-state index contributed by atoms with van der Waals surface area (Å²) in [6, 6.07) is 4.37. The van der Waals surface area contributed by atoms with Gasteiger partial charge >= 0.3 is 0 Å². The van der Waals surface area contributed by atoms with Crippen LogP contribution in [0.15, 0.2) is 29.0 Å². The number of halogens is 1. The first-order valence-electron chi connectivity index (χ1n) is 6.13. The van der Waals surface area contributed by atoms with Gasteiger partial charge in [0.2, 0.25) is 0 Å². The zero-order chi connectivity index (χ0) is 12.5. The molecule has 0 saturated carbocycles. The van der Waals surface area contributed by atoms with Gasteiger partial charge in [-0.05, 0) is 47.4 Å². The highest BCUT2D eigenvalue weighted by molar-refractivity contribution is 9.10. The third-order valence-electron chi connectivity index (χ3n) is 3.36. The van der Waals surface area contributed by atoms with Gasteiger partial charge in [0.05, 0.1) is 16.2 Å². The van der Waals surface area contributed by atoms with Crippen molar-refractivity contribution < 1.29 is 0 Å². The van der Waals surface area contributed by atoms with Gasteiger partial charge in [0.1, 0.15) is 5.69 Å². The van der Waals surface area contributed by atoms with E-state index < -0.39 is 0 Å². The van der Waals surface area contributed by atoms with E-state index in [1.54, 1.807) is 6.20 Å². The second-order valence-corrected chi connectivity index (χ2v) is 5.36. The summed E-state index contributed by atoms with van der Waals surface area (Å²) in [7, 11) is 2.00. The molecule has 5 heteroatoms.